The van der Waals surface area contributed by atoms with Crippen molar-refractivity contribution in [3.63, 3.8) is 0 Å². The predicted molar refractivity (Wildman–Crippen MR) is 110 cm³/mol. The molecule has 1 aliphatic rings. The summed E-state index contributed by atoms with van der Waals surface area (Å²) in [6, 6.07) is 27.7. The minimum atomic E-state index is 0.923. The van der Waals surface area contributed by atoms with Gasteiger partial charge in [-0.05, 0) is 42.8 Å². The standard InChI is InChI=1S/C23H23N3/c1-24(2)25-18-10-15-21-22(25)16-9-17-23(21)26(19-11-5-3-6-12-19)20-13-7-4-8-14-20/h3-14,16-18H,15H2,1-2H3. The van der Waals surface area contributed by atoms with Gasteiger partial charge in [0.05, 0.1) is 11.4 Å². The summed E-state index contributed by atoms with van der Waals surface area (Å²) in [6.07, 6.45) is 5.29. The molecule has 0 saturated heterocycles. The van der Waals surface area contributed by atoms with E-state index >= 15 is 0 Å². The molecule has 3 heteroatoms. The van der Waals surface area contributed by atoms with E-state index in [-0.39, 0.29) is 0 Å². The van der Waals surface area contributed by atoms with E-state index < -0.39 is 0 Å². The van der Waals surface area contributed by atoms with Gasteiger partial charge in [0, 0.05) is 37.2 Å². The number of benzene rings is 3. The molecule has 0 spiro atoms. The van der Waals surface area contributed by atoms with Crippen LogP contribution < -0.4 is 9.91 Å². The van der Waals surface area contributed by atoms with Crippen LogP contribution >= 0.6 is 0 Å². The van der Waals surface area contributed by atoms with Gasteiger partial charge in [0.1, 0.15) is 0 Å². The number of anilines is 4. The Bertz CT molecular complexity index is 862. The van der Waals surface area contributed by atoms with Crippen molar-refractivity contribution in [3.05, 3.63) is 96.7 Å². The predicted octanol–water partition coefficient (Wildman–Crippen LogP) is 5.51. The minimum Gasteiger partial charge on any atom is -0.310 e. The number of hydrogen-bond acceptors (Lipinski definition) is 3. The van der Waals surface area contributed by atoms with Gasteiger partial charge in [0.15, 0.2) is 0 Å². The maximum Gasteiger partial charge on any atom is 0.0628 e. The first-order chi connectivity index (χ1) is 12.8. The van der Waals surface area contributed by atoms with Crippen LogP contribution in [0.25, 0.3) is 0 Å². The van der Waals surface area contributed by atoms with Crippen molar-refractivity contribution < 1.29 is 0 Å². The monoisotopic (exact) mass is 341 g/mol. The van der Waals surface area contributed by atoms with Gasteiger partial charge in [0.25, 0.3) is 0 Å². The third-order valence-electron chi connectivity index (χ3n) is 4.64. The average molecular weight is 341 g/mol. The Morgan fingerprint density at radius 1 is 0.731 bits per heavy atom. The van der Waals surface area contributed by atoms with E-state index in [2.05, 4.69) is 120 Å². The molecule has 0 atom stereocenters. The molecule has 1 aliphatic heterocycles. The maximum absolute atomic E-state index is 2.34. The van der Waals surface area contributed by atoms with Crippen LogP contribution in [-0.4, -0.2) is 19.1 Å². The summed E-state index contributed by atoms with van der Waals surface area (Å²) in [7, 11) is 4.14. The Labute approximate surface area is 155 Å². The fourth-order valence-electron chi connectivity index (χ4n) is 3.48. The van der Waals surface area contributed by atoms with Crippen LogP contribution in [0.4, 0.5) is 22.7 Å². The minimum absolute atomic E-state index is 0.923. The summed E-state index contributed by atoms with van der Waals surface area (Å²) >= 11 is 0. The van der Waals surface area contributed by atoms with Gasteiger partial charge >= 0.3 is 0 Å². The summed E-state index contributed by atoms with van der Waals surface area (Å²) in [5, 5.41) is 4.30. The highest BCUT2D eigenvalue weighted by molar-refractivity contribution is 5.82. The van der Waals surface area contributed by atoms with Crippen LogP contribution in [0.3, 0.4) is 0 Å². The summed E-state index contributed by atoms with van der Waals surface area (Å²) < 4.78 is 0. The van der Waals surface area contributed by atoms with Crippen molar-refractivity contribution in [2.45, 2.75) is 6.42 Å². The molecule has 4 rings (SSSR count). The molecule has 0 N–H and O–H groups in total. The van der Waals surface area contributed by atoms with Gasteiger partial charge < -0.3 is 4.90 Å². The Balaban J connectivity index is 1.90. The number of rotatable bonds is 4. The Morgan fingerprint density at radius 2 is 1.35 bits per heavy atom. The third kappa shape index (κ3) is 2.98. The van der Waals surface area contributed by atoms with Crippen molar-refractivity contribution in [2.75, 3.05) is 24.0 Å². The molecule has 3 nitrogen and oxygen atoms in total. The molecular weight excluding hydrogens is 318 g/mol. The molecule has 0 bridgehead atoms. The lowest BCUT2D eigenvalue weighted by molar-refractivity contribution is 0.410. The topological polar surface area (TPSA) is 9.72 Å². The maximum atomic E-state index is 2.34. The van der Waals surface area contributed by atoms with E-state index in [9.17, 15) is 0 Å². The SMILES string of the molecule is CN(C)N1C=CCc2c(N(c3ccccc3)c3ccccc3)cccc21. The number of allylic oxidation sites excluding steroid dienone is 1. The molecule has 0 amide bonds. The second-order valence-electron chi connectivity index (χ2n) is 6.56. The van der Waals surface area contributed by atoms with Crippen LogP contribution in [0, 0.1) is 0 Å². The smallest absolute Gasteiger partial charge is 0.0628 e. The van der Waals surface area contributed by atoms with Gasteiger partial charge in [-0.3, -0.25) is 5.01 Å². The Morgan fingerprint density at radius 3 is 1.92 bits per heavy atom. The van der Waals surface area contributed by atoms with Gasteiger partial charge in [0.2, 0.25) is 0 Å². The van der Waals surface area contributed by atoms with Crippen LogP contribution in [0.15, 0.2) is 91.1 Å². The molecule has 3 aromatic carbocycles. The molecule has 26 heavy (non-hydrogen) atoms. The average Bonchev–Trinajstić information content (AvgIpc) is 2.69. The number of hydrazine groups is 1. The molecule has 0 unspecified atom stereocenters. The summed E-state index contributed by atoms with van der Waals surface area (Å²) in [5.74, 6) is 0. The van der Waals surface area contributed by atoms with Crippen molar-refractivity contribution in [3.8, 4) is 0 Å². The first kappa shape index (κ1) is 16.4. The van der Waals surface area contributed by atoms with Crippen molar-refractivity contribution in [2.24, 2.45) is 0 Å². The van der Waals surface area contributed by atoms with Crippen LogP contribution in [0.2, 0.25) is 0 Å². The van der Waals surface area contributed by atoms with Gasteiger partial charge in [-0.15, -0.1) is 0 Å². The molecule has 3 aromatic rings. The van der Waals surface area contributed by atoms with E-state index in [4.69, 9.17) is 0 Å². The molecule has 0 saturated carbocycles. The number of nitrogens with zero attached hydrogens (tertiary/aromatic N) is 3. The normalized spacial score (nSPS) is 13.0. The number of para-hydroxylation sites is 2. The van der Waals surface area contributed by atoms with Crippen LogP contribution in [0.5, 0.6) is 0 Å². The Hall–Kier alpha value is -3.04. The highest BCUT2D eigenvalue weighted by Gasteiger charge is 2.22. The molecule has 0 fully saturated rings. The van der Waals surface area contributed by atoms with Crippen molar-refractivity contribution >= 4 is 22.7 Å². The van der Waals surface area contributed by atoms with Crippen LogP contribution in [-0.2, 0) is 6.42 Å². The third-order valence-corrected chi connectivity index (χ3v) is 4.64. The summed E-state index contributed by atoms with van der Waals surface area (Å²) in [6.45, 7) is 0. The van der Waals surface area contributed by atoms with E-state index in [1.165, 1.54) is 16.9 Å². The highest BCUT2D eigenvalue weighted by atomic mass is 15.6. The zero-order chi connectivity index (χ0) is 17.9. The second-order valence-corrected chi connectivity index (χ2v) is 6.56. The van der Waals surface area contributed by atoms with Crippen LogP contribution in [0.1, 0.15) is 5.56 Å². The molecule has 0 aromatic heterocycles. The molecule has 0 radical (unpaired) electrons. The van der Waals surface area contributed by atoms with E-state index in [0.717, 1.165) is 17.8 Å². The highest BCUT2D eigenvalue weighted by Crippen LogP contribution is 2.41. The lowest BCUT2D eigenvalue weighted by Gasteiger charge is -2.35. The Kier molecular flexibility index (Phi) is 4.46. The van der Waals surface area contributed by atoms with Gasteiger partial charge in [-0.2, -0.15) is 0 Å². The van der Waals surface area contributed by atoms with E-state index in [1.807, 2.05) is 0 Å². The van der Waals surface area contributed by atoms with E-state index in [0.29, 0.717) is 0 Å². The zero-order valence-electron chi connectivity index (χ0n) is 15.2. The van der Waals surface area contributed by atoms with Crippen molar-refractivity contribution in [1.82, 2.24) is 5.01 Å². The molecule has 0 aliphatic carbocycles. The summed E-state index contributed by atoms with van der Waals surface area (Å²) in [5.41, 5.74) is 6.11. The van der Waals surface area contributed by atoms with Gasteiger partial charge in [-0.25, -0.2) is 5.01 Å². The quantitative estimate of drug-likeness (QED) is 0.619. The first-order valence-corrected chi connectivity index (χ1v) is 8.91. The van der Waals surface area contributed by atoms with Gasteiger partial charge in [-0.1, -0.05) is 48.5 Å². The number of fused-ring (bicyclic) bond motifs is 1. The summed E-state index contributed by atoms with van der Waals surface area (Å²) in [4.78, 5) is 2.34. The molecule has 1 heterocycles. The zero-order valence-corrected chi connectivity index (χ0v) is 15.2. The lowest BCUT2D eigenvalue weighted by Crippen LogP contribution is -2.34. The molecule has 130 valence electrons. The van der Waals surface area contributed by atoms with Crippen molar-refractivity contribution in [1.29, 1.82) is 0 Å². The first-order valence-electron chi connectivity index (χ1n) is 8.91. The molecular formula is C23H23N3. The second kappa shape index (κ2) is 7.06. The van der Waals surface area contributed by atoms with E-state index in [1.54, 1.807) is 0 Å². The lowest BCUT2D eigenvalue weighted by atomic mass is 10.0. The fraction of sp³-hybridized carbons (Fsp3) is 0.130. The number of hydrogen-bond donors (Lipinski definition) is 0. The largest absolute Gasteiger partial charge is 0.310 e. The fourth-order valence-corrected chi connectivity index (χ4v) is 3.48.